The molecule has 6 N–H and O–H groups in total. The first-order valence-electron chi connectivity index (χ1n) is 35.6. The number of fused-ring (bicyclic) bond motifs is 10. The maximum absolute atomic E-state index is 13.2. The van der Waals surface area contributed by atoms with Crippen LogP contribution < -0.4 is 32.9 Å². The van der Waals surface area contributed by atoms with E-state index in [2.05, 4.69) is 24.9 Å². The number of aromatic nitrogens is 5. The number of anilines is 1. The predicted octanol–water partition coefficient (Wildman–Crippen LogP) is 20.2. The fraction of sp³-hybridized carbons (Fsp3) is 0.0909. The van der Waals surface area contributed by atoms with E-state index in [1.54, 1.807) is 18.2 Å². The van der Waals surface area contributed by atoms with Gasteiger partial charge < -0.3 is 53.1 Å². The topological polar surface area (TPSA) is 326 Å². The summed E-state index contributed by atoms with van der Waals surface area (Å²) in [6, 6.07) is 58.1. The molecule has 0 aliphatic heterocycles. The van der Waals surface area contributed by atoms with Gasteiger partial charge in [-0.05, 0) is 160 Å². The van der Waals surface area contributed by atoms with Gasteiger partial charge in [-0.1, -0.05) is 80.6 Å². The first-order valence-corrected chi connectivity index (χ1v) is 39.7. The standard InChI is InChI=1S/C21H20N2O3S.C18H13NO3S.C17H11NO2S.C16H10N2O3S.C16H9NO3S/c1-4-12-9-13-19(25)15(21-22-16-7-5-6-8-17(16)27-21)11-26-20(13)14(18(12)24)10-23(2)3;1-2-10-7-11-15(8-14(10)20)22-9-12(17(11)21)18-19-13-5-3-4-6-16(13)23-18;1-10-6-7-11-14(8-10)20-9-12(16(11)19)17-18-13-4-2-3-5-15(13)21-17;17-15-13(16-18-10-3-1-2-4-12(10)22-16)14(20)9-6-5-8(19)7-11(9)21-15;18-9-5-6-10-13(7-9)20-8-11(15(10)19)16-17-12-3-1-2-4-14(12)21-16/h5-9,11,24H,4,10H2,1-3H3;3-9,20H,2H2,1H3;2-9H,1H3;1-7,19H,17H2;1-8,18H. The van der Waals surface area contributed by atoms with E-state index in [0.717, 1.165) is 67.8 Å². The summed E-state index contributed by atoms with van der Waals surface area (Å²) in [4.78, 5) is 88.4. The number of phenolic OH excluding ortho intramolecular Hbond substituents is 4. The molecule has 0 saturated heterocycles. The van der Waals surface area contributed by atoms with Gasteiger partial charge in [-0.3, -0.25) is 24.0 Å². The van der Waals surface area contributed by atoms with Crippen molar-refractivity contribution >= 4 is 168 Å². The van der Waals surface area contributed by atoms with Crippen molar-refractivity contribution in [1.29, 1.82) is 0 Å². The van der Waals surface area contributed by atoms with Gasteiger partial charge in [-0.2, -0.15) is 0 Å². The first kappa shape index (κ1) is 74.7. The third kappa shape index (κ3) is 14.7. The second kappa shape index (κ2) is 31.4. The monoisotopic (exact) mass is 1600 g/mol. The lowest BCUT2D eigenvalue weighted by molar-refractivity contribution is 0.382. The number of thiazole rings is 5. The van der Waals surface area contributed by atoms with Crippen molar-refractivity contribution in [3.05, 3.63) is 293 Å². The van der Waals surface area contributed by atoms with Crippen LogP contribution in [-0.2, 0) is 19.4 Å². The van der Waals surface area contributed by atoms with Crippen LogP contribution in [0.1, 0.15) is 36.1 Å². The molecule has 0 unspecified atom stereocenters. The molecule has 564 valence electrons. The zero-order valence-electron chi connectivity index (χ0n) is 61.1. The van der Waals surface area contributed by atoms with Gasteiger partial charge in [0.25, 0.3) is 0 Å². The third-order valence-corrected chi connectivity index (χ3v) is 24.0. The fourth-order valence-corrected chi connectivity index (χ4v) is 17.8. The van der Waals surface area contributed by atoms with Crippen molar-refractivity contribution in [1.82, 2.24) is 29.8 Å². The molecule has 0 bridgehead atoms. The Morgan fingerprint density at radius 1 is 0.386 bits per heavy atom. The molecular weight excluding hydrogens is 1540 g/mol. The number of phenols is 4. The number of nitrogens with zero attached hydrogens (tertiary/aromatic N) is 6. The van der Waals surface area contributed by atoms with E-state index in [1.165, 1.54) is 118 Å². The molecule has 0 fully saturated rings. The van der Waals surface area contributed by atoms with Crippen LogP contribution in [0.25, 0.3) is 159 Å². The molecule has 0 aliphatic carbocycles. The number of rotatable bonds is 9. The van der Waals surface area contributed by atoms with Crippen LogP contribution in [0.4, 0.5) is 5.88 Å². The molecule has 20 rings (SSSR count). The van der Waals surface area contributed by atoms with Crippen molar-refractivity contribution in [2.75, 3.05) is 19.8 Å². The molecule has 10 heterocycles. The SMILES string of the molecule is CCc1cc2c(=O)c(-c3nc4ccccc4s3)coc2c(CN(C)C)c1O.CCc1cc2c(=O)c(-c3nc4ccccc4s3)coc2cc1O.Cc1ccc2c(=O)c(-c3nc4ccccc4s3)coc2c1.Nc1oc2cc(O)ccc2c(=O)c1-c1nc2ccccc2s1.O=c1c(-c2nc3ccccc3s2)coc2cc(O)ccc12. The predicted molar refractivity (Wildman–Crippen MR) is 457 cm³/mol. The molecule has 0 atom stereocenters. The normalized spacial score (nSPS) is 11.4. The number of nitrogens with two attached hydrogens (primary N) is 1. The van der Waals surface area contributed by atoms with E-state index < -0.39 is 0 Å². The summed E-state index contributed by atoms with van der Waals surface area (Å²) in [5.74, 6) is 0.439. The number of benzene rings is 10. The average Bonchev–Trinajstić information content (AvgIpc) is 1.62. The maximum Gasteiger partial charge on any atom is 0.205 e. The van der Waals surface area contributed by atoms with E-state index in [-0.39, 0.29) is 67.2 Å². The molecule has 21 nitrogen and oxygen atoms in total. The number of aromatic hydroxyl groups is 4. The van der Waals surface area contributed by atoms with Gasteiger partial charge in [0.15, 0.2) is 0 Å². The van der Waals surface area contributed by atoms with E-state index in [9.17, 15) is 44.4 Å². The smallest absolute Gasteiger partial charge is 0.205 e. The van der Waals surface area contributed by atoms with Gasteiger partial charge in [-0.15, -0.1) is 56.7 Å². The summed E-state index contributed by atoms with van der Waals surface area (Å²) in [6.07, 6.45) is 7.09. The minimum absolute atomic E-state index is 0.00200. The van der Waals surface area contributed by atoms with Gasteiger partial charge in [0.1, 0.15) is 107 Å². The van der Waals surface area contributed by atoms with Crippen LogP contribution in [0.15, 0.2) is 265 Å². The third-order valence-electron chi connectivity index (χ3n) is 18.6. The maximum atomic E-state index is 13.2. The van der Waals surface area contributed by atoms with E-state index in [4.69, 9.17) is 27.8 Å². The number of hydrogen-bond acceptors (Lipinski definition) is 26. The van der Waals surface area contributed by atoms with Crippen LogP contribution >= 0.6 is 56.7 Å². The largest absolute Gasteiger partial charge is 0.508 e. The lowest BCUT2D eigenvalue weighted by Crippen LogP contribution is -2.13. The zero-order chi connectivity index (χ0) is 79.2. The minimum Gasteiger partial charge on any atom is -0.508 e. The summed E-state index contributed by atoms with van der Waals surface area (Å²) in [6.45, 7) is 6.35. The molecule has 20 aromatic rings. The van der Waals surface area contributed by atoms with Crippen molar-refractivity contribution in [3.8, 4) is 75.9 Å². The highest BCUT2D eigenvalue weighted by Gasteiger charge is 2.24. The molecular formula is C88H63N7O14S5. The number of aryl methyl sites for hydroxylation is 3. The van der Waals surface area contributed by atoms with Crippen molar-refractivity contribution in [2.24, 2.45) is 0 Å². The first-order chi connectivity index (χ1) is 55.2. The summed E-state index contributed by atoms with van der Waals surface area (Å²) in [5, 5.41) is 44.9. The van der Waals surface area contributed by atoms with Crippen LogP contribution in [0.2, 0.25) is 0 Å². The lowest BCUT2D eigenvalue weighted by atomic mass is 10.0. The molecule has 114 heavy (non-hydrogen) atoms. The minimum atomic E-state index is -0.252. The Balaban J connectivity index is 0.000000108. The Morgan fingerprint density at radius 3 is 1.18 bits per heavy atom. The lowest BCUT2D eigenvalue weighted by Gasteiger charge is -2.15. The molecule has 0 amide bonds. The molecule has 10 aromatic carbocycles. The Morgan fingerprint density at radius 2 is 0.746 bits per heavy atom. The Labute approximate surface area is 664 Å². The van der Waals surface area contributed by atoms with Gasteiger partial charge >= 0.3 is 0 Å². The molecule has 0 spiro atoms. The number of hydrogen-bond donors (Lipinski definition) is 5. The highest BCUT2D eigenvalue weighted by atomic mass is 32.1. The number of para-hydroxylation sites is 5. The summed E-state index contributed by atoms with van der Waals surface area (Å²) < 4.78 is 33.1. The van der Waals surface area contributed by atoms with Gasteiger partial charge in [0, 0.05) is 24.7 Å². The summed E-state index contributed by atoms with van der Waals surface area (Å²) in [7, 11) is 3.83. The zero-order valence-corrected chi connectivity index (χ0v) is 65.2. The summed E-state index contributed by atoms with van der Waals surface area (Å²) in [5.41, 5.74) is 16.9. The second-order valence-electron chi connectivity index (χ2n) is 26.5. The van der Waals surface area contributed by atoms with E-state index >= 15 is 0 Å². The molecule has 26 heteroatoms. The van der Waals surface area contributed by atoms with Crippen molar-refractivity contribution in [2.45, 2.75) is 40.2 Å². The van der Waals surface area contributed by atoms with E-state index in [0.29, 0.717) is 122 Å². The van der Waals surface area contributed by atoms with E-state index in [1.807, 2.05) is 179 Å². The Bertz CT molecular complexity index is 7160. The summed E-state index contributed by atoms with van der Waals surface area (Å²) >= 11 is 7.29. The van der Waals surface area contributed by atoms with Crippen LogP contribution in [0, 0.1) is 6.92 Å². The molecule has 0 saturated carbocycles. The van der Waals surface area contributed by atoms with Crippen LogP contribution in [0.3, 0.4) is 0 Å². The van der Waals surface area contributed by atoms with Crippen molar-refractivity contribution in [3.63, 3.8) is 0 Å². The average molecular weight is 1600 g/mol. The number of nitrogen functional groups attached to an aromatic ring is 1. The van der Waals surface area contributed by atoms with Gasteiger partial charge in [0.2, 0.25) is 33.0 Å². The molecule has 0 aliphatic rings. The van der Waals surface area contributed by atoms with Crippen LogP contribution in [-0.4, -0.2) is 64.3 Å². The highest BCUT2D eigenvalue weighted by molar-refractivity contribution is 7.23. The van der Waals surface area contributed by atoms with Gasteiger partial charge in [-0.25, -0.2) is 24.9 Å². The Kier molecular flexibility index (Phi) is 20.6. The fourth-order valence-electron chi connectivity index (χ4n) is 12.9. The molecule has 0 radical (unpaired) electrons. The molecule has 10 aromatic heterocycles. The van der Waals surface area contributed by atoms with Gasteiger partial charge in [0.05, 0.1) is 106 Å². The quantitative estimate of drug-likeness (QED) is 0.0896. The Hall–Kier alpha value is -13.3. The second-order valence-corrected chi connectivity index (χ2v) is 31.7. The van der Waals surface area contributed by atoms with Crippen molar-refractivity contribution < 1.29 is 42.5 Å². The van der Waals surface area contributed by atoms with Crippen LogP contribution in [0.5, 0.6) is 23.0 Å². The highest BCUT2D eigenvalue weighted by Crippen LogP contribution is 2.39.